The van der Waals surface area contributed by atoms with Gasteiger partial charge in [0.2, 0.25) is 5.82 Å². The lowest BCUT2D eigenvalue weighted by atomic mass is 9.93. The minimum Gasteiger partial charge on any atom is -0.381 e. The van der Waals surface area contributed by atoms with E-state index < -0.39 is 0 Å². The van der Waals surface area contributed by atoms with E-state index in [1.165, 1.54) is 0 Å². The number of fused-ring (bicyclic) bond motifs is 1. The highest BCUT2D eigenvalue weighted by atomic mass is 16.5. The molecule has 0 radical (unpaired) electrons. The van der Waals surface area contributed by atoms with E-state index in [2.05, 4.69) is 20.5 Å². The first kappa shape index (κ1) is 13.9. The van der Waals surface area contributed by atoms with Crippen LogP contribution in [-0.2, 0) is 4.74 Å². The topological polar surface area (TPSA) is 81.4 Å². The number of nitrogens with zero attached hydrogens (tertiary/aromatic N) is 4. The average molecular weight is 289 g/mol. The van der Waals surface area contributed by atoms with Crippen molar-refractivity contribution in [2.75, 3.05) is 7.11 Å². The second-order valence-corrected chi connectivity index (χ2v) is 5.45. The van der Waals surface area contributed by atoms with E-state index in [0.717, 1.165) is 31.4 Å². The van der Waals surface area contributed by atoms with E-state index in [0.29, 0.717) is 11.9 Å². The molecule has 7 nitrogen and oxygen atoms in total. The number of nitrogens with one attached hydrogen (secondary N) is 1. The summed E-state index contributed by atoms with van der Waals surface area (Å²) in [5, 5.41) is 10.9. The van der Waals surface area contributed by atoms with E-state index in [-0.39, 0.29) is 17.8 Å². The number of amides is 1. The van der Waals surface area contributed by atoms with Gasteiger partial charge < -0.3 is 10.1 Å². The normalized spacial score (nSPS) is 22.4. The van der Waals surface area contributed by atoms with Crippen LogP contribution in [0.1, 0.15) is 42.0 Å². The van der Waals surface area contributed by atoms with Gasteiger partial charge in [-0.2, -0.15) is 0 Å². The molecule has 1 aliphatic rings. The van der Waals surface area contributed by atoms with Gasteiger partial charge in [0.15, 0.2) is 0 Å². The average Bonchev–Trinajstić information content (AvgIpc) is 2.91. The van der Waals surface area contributed by atoms with Gasteiger partial charge in [0.1, 0.15) is 0 Å². The van der Waals surface area contributed by atoms with Crippen LogP contribution in [0.4, 0.5) is 0 Å². The smallest absolute Gasteiger partial charge is 0.289 e. The van der Waals surface area contributed by atoms with E-state index in [1.807, 2.05) is 13.0 Å². The summed E-state index contributed by atoms with van der Waals surface area (Å²) in [6.45, 7) is 1.88. The zero-order valence-corrected chi connectivity index (χ0v) is 12.2. The molecule has 1 aliphatic carbocycles. The van der Waals surface area contributed by atoms with Crippen molar-refractivity contribution in [3.05, 3.63) is 23.8 Å². The lowest BCUT2D eigenvalue weighted by Crippen LogP contribution is -2.39. The van der Waals surface area contributed by atoms with Gasteiger partial charge >= 0.3 is 0 Å². The predicted molar refractivity (Wildman–Crippen MR) is 76.0 cm³/mol. The highest BCUT2D eigenvalue weighted by Crippen LogP contribution is 2.20. The Balaban J connectivity index is 1.70. The van der Waals surface area contributed by atoms with Crippen LogP contribution >= 0.6 is 0 Å². The van der Waals surface area contributed by atoms with Crippen molar-refractivity contribution in [2.45, 2.75) is 44.8 Å². The molecule has 0 bridgehead atoms. The summed E-state index contributed by atoms with van der Waals surface area (Å²) in [4.78, 5) is 16.6. The van der Waals surface area contributed by atoms with Crippen molar-refractivity contribution in [3.63, 3.8) is 0 Å². The third-order valence-corrected chi connectivity index (χ3v) is 3.96. The molecule has 112 valence electrons. The molecule has 0 atom stereocenters. The molecule has 2 aromatic rings. The molecule has 0 aliphatic heterocycles. The van der Waals surface area contributed by atoms with E-state index >= 15 is 0 Å². The van der Waals surface area contributed by atoms with Gasteiger partial charge in [0.25, 0.3) is 11.7 Å². The molecule has 1 saturated carbocycles. The maximum absolute atomic E-state index is 12.3. The van der Waals surface area contributed by atoms with Gasteiger partial charge in [-0.15, -0.1) is 10.2 Å². The van der Waals surface area contributed by atoms with Crippen LogP contribution in [0.5, 0.6) is 0 Å². The zero-order chi connectivity index (χ0) is 14.8. The Hall–Kier alpha value is -2.02. The molecule has 3 rings (SSSR count). The van der Waals surface area contributed by atoms with Crippen LogP contribution in [0.3, 0.4) is 0 Å². The van der Waals surface area contributed by atoms with Crippen LogP contribution in [0.2, 0.25) is 0 Å². The molecule has 1 fully saturated rings. The van der Waals surface area contributed by atoms with E-state index in [9.17, 15) is 4.79 Å². The molecule has 2 heterocycles. The maximum atomic E-state index is 12.3. The molecule has 0 aromatic carbocycles. The summed E-state index contributed by atoms with van der Waals surface area (Å²) in [6.07, 6.45) is 5.90. The fourth-order valence-electron chi connectivity index (χ4n) is 2.72. The van der Waals surface area contributed by atoms with Crippen LogP contribution in [0.25, 0.3) is 5.78 Å². The first-order chi connectivity index (χ1) is 10.2. The van der Waals surface area contributed by atoms with E-state index in [1.54, 1.807) is 17.7 Å². The lowest BCUT2D eigenvalue weighted by molar-refractivity contribution is 0.0597. The summed E-state index contributed by atoms with van der Waals surface area (Å²) in [7, 11) is 1.74. The number of methoxy groups -OCH3 is 1. The second kappa shape index (κ2) is 5.77. The van der Waals surface area contributed by atoms with Gasteiger partial charge in [-0.3, -0.25) is 9.20 Å². The molecule has 7 heteroatoms. The fourth-order valence-corrected chi connectivity index (χ4v) is 2.72. The summed E-state index contributed by atoms with van der Waals surface area (Å²) in [6, 6.07) is 2.01. The molecule has 0 spiro atoms. The zero-order valence-electron chi connectivity index (χ0n) is 12.2. The van der Waals surface area contributed by atoms with Crippen molar-refractivity contribution in [2.24, 2.45) is 0 Å². The molecule has 2 aromatic heterocycles. The number of carbonyl (C=O) groups excluding carboxylic acids is 1. The van der Waals surface area contributed by atoms with Crippen molar-refractivity contribution in [3.8, 4) is 0 Å². The standard InChI is InChI=1S/C14H19N5O2/c1-9-7-8-19-12(17-18-14(19)15-9)13(20)16-10-3-5-11(21-2)6-4-10/h7-8,10-11H,3-6H2,1-2H3,(H,16,20). The molecule has 0 saturated heterocycles. The van der Waals surface area contributed by atoms with Crippen LogP contribution in [-0.4, -0.2) is 44.7 Å². The largest absolute Gasteiger partial charge is 0.381 e. The molecule has 1 amide bonds. The van der Waals surface area contributed by atoms with Gasteiger partial charge in [-0.1, -0.05) is 0 Å². The molecular formula is C14H19N5O2. The predicted octanol–water partition coefficient (Wildman–Crippen LogP) is 1.12. The number of aromatic nitrogens is 4. The lowest BCUT2D eigenvalue weighted by Gasteiger charge is -2.27. The minimum absolute atomic E-state index is 0.176. The number of aryl methyl sites for hydroxylation is 1. The van der Waals surface area contributed by atoms with E-state index in [4.69, 9.17) is 4.74 Å². The number of hydrogen-bond donors (Lipinski definition) is 1. The Morgan fingerprint density at radius 2 is 2.10 bits per heavy atom. The first-order valence-electron chi connectivity index (χ1n) is 7.19. The second-order valence-electron chi connectivity index (χ2n) is 5.45. The molecular weight excluding hydrogens is 270 g/mol. The summed E-state index contributed by atoms with van der Waals surface area (Å²) in [5.74, 6) is 0.531. The summed E-state index contributed by atoms with van der Waals surface area (Å²) in [5.41, 5.74) is 0.847. The van der Waals surface area contributed by atoms with Crippen LogP contribution < -0.4 is 5.32 Å². The van der Waals surface area contributed by atoms with Crippen molar-refractivity contribution in [1.29, 1.82) is 0 Å². The van der Waals surface area contributed by atoms with Gasteiger partial charge in [0, 0.05) is 25.0 Å². The number of carbonyl (C=O) groups is 1. The first-order valence-corrected chi connectivity index (χ1v) is 7.19. The number of ether oxygens (including phenoxy) is 1. The Labute approximate surface area is 122 Å². The fraction of sp³-hybridized carbons (Fsp3) is 0.571. The SMILES string of the molecule is COC1CCC(NC(=O)c2nnc3nc(C)ccn23)CC1. The highest BCUT2D eigenvalue weighted by Gasteiger charge is 2.24. The Morgan fingerprint density at radius 3 is 2.81 bits per heavy atom. The summed E-state index contributed by atoms with van der Waals surface area (Å²) >= 11 is 0. The molecule has 1 N–H and O–H groups in total. The summed E-state index contributed by atoms with van der Waals surface area (Å²) < 4.78 is 6.95. The van der Waals surface area contributed by atoms with Crippen molar-refractivity contribution < 1.29 is 9.53 Å². The number of rotatable bonds is 3. The monoisotopic (exact) mass is 289 g/mol. The van der Waals surface area contributed by atoms with Gasteiger partial charge in [-0.05, 0) is 38.7 Å². The Kier molecular flexibility index (Phi) is 3.83. The van der Waals surface area contributed by atoms with Gasteiger partial charge in [0.05, 0.1) is 6.10 Å². The molecule has 0 unspecified atom stereocenters. The maximum Gasteiger partial charge on any atom is 0.289 e. The van der Waals surface area contributed by atoms with Crippen molar-refractivity contribution >= 4 is 11.7 Å². The Bertz CT molecular complexity index is 646. The number of hydrogen-bond acceptors (Lipinski definition) is 5. The third-order valence-electron chi connectivity index (χ3n) is 3.96. The third kappa shape index (κ3) is 2.87. The van der Waals surface area contributed by atoms with Crippen LogP contribution in [0, 0.1) is 6.92 Å². The Morgan fingerprint density at radius 1 is 1.33 bits per heavy atom. The van der Waals surface area contributed by atoms with Crippen LogP contribution in [0.15, 0.2) is 12.3 Å². The quantitative estimate of drug-likeness (QED) is 0.915. The highest BCUT2D eigenvalue weighted by molar-refractivity contribution is 5.91. The van der Waals surface area contributed by atoms with Crippen molar-refractivity contribution in [1.82, 2.24) is 24.9 Å². The molecule has 21 heavy (non-hydrogen) atoms. The minimum atomic E-state index is -0.200. The van der Waals surface area contributed by atoms with Gasteiger partial charge in [-0.25, -0.2) is 4.98 Å².